The number of hydrogen-bond acceptors (Lipinski definition) is 5. The van der Waals surface area contributed by atoms with Crippen molar-refractivity contribution in [3.05, 3.63) is 12.2 Å². The molecule has 0 aliphatic heterocycles. The average molecular weight is 707 g/mol. The average Bonchev–Trinajstić information content (AvgIpc) is 3.10. The van der Waals surface area contributed by atoms with Crippen LogP contribution in [0.5, 0.6) is 0 Å². The van der Waals surface area contributed by atoms with Gasteiger partial charge in [0.25, 0.3) is 0 Å². The molecule has 0 saturated carbocycles. The lowest BCUT2D eigenvalue weighted by Gasteiger charge is -2.18. The molecule has 2 atom stereocenters. The van der Waals surface area contributed by atoms with Gasteiger partial charge >= 0.3 is 11.9 Å². The van der Waals surface area contributed by atoms with Crippen molar-refractivity contribution in [1.29, 1.82) is 0 Å². The molecule has 0 rings (SSSR count). The van der Waals surface area contributed by atoms with Crippen LogP contribution in [0.2, 0.25) is 0 Å². The van der Waals surface area contributed by atoms with Crippen LogP contribution in [0.1, 0.15) is 226 Å². The lowest BCUT2D eigenvalue weighted by Crippen LogP contribution is -2.40. The van der Waals surface area contributed by atoms with Crippen molar-refractivity contribution in [3.63, 3.8) is 0 Å². The van der Waals surface area contributed by atoms with E-state index in [1.807, 2.05) is 0 Å². The Morgan fingerprint density at radius 2 is 0.980 bits per heavy atom. The van der Waals surface area contributed by atoms with Crippen molar-refractivity contribution in [2.24, 2.45) is 5.73 Å². The molecular formula is C43H82N2O5. The number of allylic oxidation sites excluding steroid dienone is 2. The molecule has 0 aliphatic carbocycles. The molecule has 1 amide bonds. The molecule has 0 aromatic carbocycles. The molecular weight excluding hydrogens is 624 g/mol. The minimum atomic E-state index is -1.00. The fraction of sp³-hybridized carbons (Fsp3) is 0.884. The Morgan fingerprint density at radius 3 is 1.44 bits per heavy atom. The predicted molar refractivity (Wildman–Crippen MR) is 211 cm³/mol. The topological polar surface area (TPSA) is 119 Å². The van der Waals surface area contributed by atoms with Gasteiger partial charge in [0, 0.05) is 12.8 Å². The van der Waals surface area contributed by atoms with E-state index in [-0.39, 0.29) is 18.0 Å². The maximum Gasteiger partial charge on any atom is 0.326 e. The van der Waals surface area contributed by atoms with Crippen molar-refractivity contribution in [2.75, 3.05) is 6.54 Å². The summed E-state index contributed by atoms with van der Waals surface area (Å²) in [5.74, 6) is -1.23. The summed E-state index contributed by atoms with van der Waals surface area (Å²) in [7, 11) is 0. The van der Waals surface area contributed by atoms with Crippen LogP contribution in [-0.2, 0) is 19.1 Å². The molecule has 0 saturated heterocycles. The van der Waals surface area contributed by atoms with E-state index in [0.717, 1.165) is 64.2 Å². The minimum Gasteiger partial charge on any atom is -0.480 e. The first kappa shape index (κ1) is 48.1. The molecule has 7 heteroatoms. The smallest absolute Gasteiger partial charge is 0.326 e. The number of carbonyl (C=O) groups excluding carboxylic acids is 2. The van der Waals surface area contributed by atoms with E-state index in [9.17, 15) is 19.5 Å². The Labute approximate surface area is 309 Å². The van der Waals surface area contributed by atoms with Crippen molar-refractivity contribution >= 4 is 17.8 Å². The maximum absolute atomic E-state index is 12.7. The molecule has 0 spiro atoms. The number of amides is 1. The molecule has 0 fully saturated rings. The number of aliphatic carboxylic acids is 1. The lowest BCUT2D eigenvalue weighted by molar-refractivity contribution is -0.150. The van der Waals surface area contributed by atoms with Crippen molar-refractivity contribution in [3.8, 4) is 0 Å². The number of hydrogen-bond donors (Lipinski definition) is 3. The summed E-state index contributed by atoms with van der Waals surface area (Å²) in [5.41, 5.74) is 5.47. The van der Waals surface area contributed by atoms with Crippen LogP contribution < -0.4 is 11.1 Å². The largest absolute Gasteiger partial charge is 0.480 e. The Morgan fingerprint density at radius 1 is 0.560 bits per heavy atom. The molecule has 2 unspecified atom stereocenters. The third-order valence-electron chi connectivity index (χ3n) is 9.83. The molecule has 0 bridgehead atoms. The standard InChI is InChI=1S/C43H82N2O5/c1-3-5-7-9-11-12-13-14-15-16-17-18-19-20-22-27-31-37-42(47)50-39(33-28-24-21-10-8-6-4-2)34-29-25-23-26-30-36-41(46)45-40(43(48)49)35-32-38-44/h14-15,39-40H,3-13,16-38,44H2,1-2H3,(H,45,46)(H,48,49)/b15-14-. The molecule has 7 nitrogen and oxygen atoms in total. The van der Waals surface area contributed by atoms with E-state index < -0.39 is 12.0 Å². The molecule has 0 aliphatic rings. The number of nitrogens with two attached hydrogens (primary N) is 1. The zero-order chi connectivity index (χ0) is 36.8. The quantitative estimate of drug-likeness (QED) is 0.0332. The number of ether oxygens (including phenoxy) is 1. The number of carboxylic acids is 1. The van der Waals surface area contributed by atoms with Gasteiger partial charge in [0.1, 0.15) is 12.1 Å². The fourth-order valence-corrected chi connectivity index (χ4v) is 6.56. The molecule has 50 heavy (non-hydrogen) atoms. The van der Waals surface area contributed by atoms with Crippen LogP contribution in [0, 0.1) is 0 Å². The summed E-state index contributed by atoms with van der Waals surface area (Å²) >= 11 is 0. The first-order chi connectivity index (χ1) is 24.4. The van der Waals surface area contributed by atoms with Gasteiger partial charge in [0.2, 0.25) is 5.91 Å². The third kappa shape index (κ3) is 34.6. The number of unbranched alkanes of at least 4 members (excludes halogenated alkanes) is 23. The van der Waals surface area contributed by atoms with Gasteiger partial charge < -0.3 is 20.9 Å². The number of esters is 1. The molecule has 0 aromatic rings. The summed E-state index contributed by atoms with van der Waals surface area (Å²) < 4.78 is 6.01. The zero-order valence-electron chi connectivity index (χ0n) is 33.0. The van der Waals surface area contributed by atoms with Gasteiger partial charge in [0.05, 0.1) is 0 Å². The zero-order valence-corrected chi connectivity index (χ0v) is 33.0. The first-order valence-electron chi connectivity index (χ1n) is 21.5. The summed E-state index contributed by atoms with van der Waals surface area (Å²) in [4.78, 5) is 36.2. The monoisotopic (exact) mass is 707 g/mol. The number of carboxylic acid groups (broad SMARTS) is 1. The van der Waals surface area contributed by atoms with Crippen molar-refractivity contribution < 1.29 is 24.2 Å². The van der Waals surface area contributed by atoms with Gasteiger partial charge in [-0.3, -0.25) is 9.59 Å². The number of nitrogens with one attached hydrogen (secondary N) is 1. The van der Waals surface area contributed by atoms with Crippen molar-refractivity contribution in [2.45, 2.75) is 238 Å². The Hall–Kier alpha value is -1.89. The van der Waals surface area contributed by atoms with Gasteiger partial charge in [-0.05, 0) is 83.6 Å². The van der Waals surface area contributed by atoms with Gasteiger partial charge in [-0.15, -0.1) is 0 Å². The number of rotatable bonds is 39. The predicted octanol–water partition coefficient (Wildman–Crippen LogP) is 11.9. The minimum absolute atomic E-state index is 0.0187. The van der Waals surface area contributed by atoms with Crippen molar-refractivity contribution in [1.82, 2.24) is 5.32 Å². The normalized spacial score (nSPS) is 12.7. The molecule has 0 heterocycles. The highest BCUT2D eigenvalue weighted by Crippen LogP contribution is 2.19. The maximum atomic E-state index is 12.7. The van der Waals surface area contributed by atoms with Crippen LogP contribution >= 0.6 is 0 Å². The van der Waals surface area contributed by atoms with Gasteiger partial charge in [-0.25, -0.2) is 4.79 Å². The first-order valence-corrected chi connectivity index (χ1v) is 21.5. The fourth-order valence-electron chi connectivity index (χ4n) is 6.56. The summed E-state index contributed by atoms with van der Waals surface area (Å²) in [6.45, 7) is 4.93. The van der Waals surface area contributed by atoms with E-state index in [1.54, 1.807) is 0 Å². The van der Waals surface area contributed by atoms with Crippen LogP contribution in [0.15, 0.2) is 12.2 Å². The Balaban J connectivity index is 4.13. The summed E-state index contributed by atoms with van der Waals surface area (Å²) in [6, 6.07) is -0.853. The second-order valence-electron chi connectivity index (χ2n) is 14.8. The molecule has 0 aromatic heterocycles. The lowest BCUT2D eigenvalue weighted by atomic mass is 10.0. The second kappa shape index (κ2) is 38.3. The SMILES string of the molecule is CCCCCCCC/C=C\CCCCCCCCCC(=O)OC(CCCCCCCCC)CCCCCCCC(=O)NC(CCCN)C(=O)O. The third-order valence-corrected chi connectivity index (χ3v) is 9.83. The van der Waals surface area contributed by atoms with Gasteiger partial charge in [0.15, 0.2) is 0 Å². The highest BCUT2D eigenvalue weighted by Gasteiger charge is 2.19. The van der Waals surface area contributed by atoms with E-state index in [1.165, 1.54) is 122 Å². The Bertz CT molecular complexity index is 802. The van der Waals surface area contributed by atoms with Crippen LogP contribution in [0.4, 0.5) is 0 Å². The molecule has 0 radical (unpaired) electrons. The highest BCUT2D eigenvalue weighted by molar-refractivity contribution is 5.83. The van der Waals surface area contributed by atoms with E-state index in [2.05, 4.69) is 31.3 Å². The summed E-state index contributed by atoms with van der Waals surface area (Å²) in [5, 5.41) is 11.9. The van der Waals surface area contributed by atoms with Gasteiger partial charge in [-0.2, -0.15) is 0 Å². The van der Waals surface area contributed by atoms with Gasteiger partial charge in [-0.1, -0.05) is 148 Å². The van der Waals surface area contributed by atoms with E-state index in [0.29, 0.717) is 32.2 Å². The van der Waals surface area contributed by atoms with E-state index >= 15 is 0 Å². The van der Waals surface area contributed by atoms with Crippen LogP contribution in [0.25, 0.3) is 0 Å². The van der Waals surface area contributed by atoms with E-state index in [4.69, 9.17) is 10.5 Å². The van der Waals surface area contributed by atoms with Crippen LogP contribution in [0.3, 0.4) is 0 Å². The summed E-state index contributed by atoms with van der Waals surface area (Å²) in [6.07, 6.45) is 41.2. The highest BCUT2D eigenvalue weighted by atomic mass is 16.5. The molecule has 4 N–H and O–H groups in total. The van der Waals surface area contributed by atoms with Crippen LogP contribution in [-0.4, -0.2) is 41.6 Å². The Kier molecular flexibility index (Phi) is 36.9. The molecule has 294 valence electrons. The number of carbonyl (C=O) groups is 3. The second-order valence-corrected chi connectivity index (χ2v) is 14.8.